The van der Waals surface area contributed by atoms with Gasteiger partial charge in [0.25, 0.3) is 5.91 Å². The van der Waals surface area contributed by atoms with E-state index in [4.69, 9.17) is 4.74 Å². The molecule has 1 amide bonds. The number of hydrogen-bond acceptors (Lipinski definition) is 3. The fourth-order valence-electron chi connectivity index (χ4n) is 3.50. The third-order valence-corrected chi connectivity index (χ3v) is 5.40. The van der Waals surface area contributed by atoms with Crippen LogP contribution in [-0.2, 0) is 4.79 Å². The van der Waals surface area contributed by atoms with Crippen LogP contribution in [0.4, 0.5) is 17.6 Å². The van der Waals surface area contributed by atoms with Crippen LogP contribution in [0.3, 0.4) is 0 Å². The van der Waals surface area contributed by atoms with Crippen molar-refractivity contribution >= 4 is 16.8 Å². The third kappa shape index (κ3) is 5.13. The zero-order valence-electron chi connectivity index (χ0n) is 19.3. The zero-order chi connectivity index (χ0) is 25.3. The molecule has 0 saturated carbocycles. The first kappa shape index (κ1) is 24.3. The molecule has 0 spiro atoms. The number of halogens is 4. The van der Waals surface area contributed by atoms with E-state index < -0.39 is 35.3 Å². The highest BCUT2D eigenvalue weighted by Gasteiger charge is 2.28. The quantitative estimate of drug-likeness (QED) is 0.255. The molecule has 1 N–H and O–H groups in total. The Labute approximate surface area is 199 Å². The van der Waals surface area contributed by atoms with E-state index in [0.717, 1.165) is 26.0 Å². The van der Waals surface area contributed by atoms with Gasteiger partial charge in [0.2, 0.25) is 0 Å². The van der Waals surface area contributed by atoms with E-state index >= 15 is 0 Å². The Kier molecular flexibility index (Phi) is 6.51. The van der Waals surface area contributed by atoms with Crippen molar-refractivity contribution in [1.82, 2.24) is 15.1 Å². The summed E-state index contributed by atoms with van der Waals surface area (Å²) in [6, 6.07) is 14.1. The Hall–Kier alpha value is -3.88. The average molecular weight is 485 g/mol. The molecule has 0 saturated heterocycles. The lowest BCUT2D eigenvalue weighted by molar-refractivity contribution is -0.133. The molecule has 0 aliphatic heterocycles. The number of nitrogens with one attached hydrogen (secondary N) is 1. The molecule has 0 aliphatic rings. The molecular weight excluding hydrogens is 462 g/mol. The highest BCUT2D eigenvalue weighted by atomic mass is 19.2. The van der Waals surface area contributed by atoms with Crippen molar-refractivity contribution < 1.29 is 27.1 Å². The molecule has 0 fully saturated rings. The number of nitrogens with zero attached hydrogens (tertiary/aromatic N) is 2. The summed E-state index contributed by atoms with van der Waals surface area (Å²) < 4.78 is 62.4. The van der Waals surface area contributed by atoms with Crippen LogP contribution in [0.1, 0.15) is 27.2 Å². The van der Waals surface area contributed by atoms with E-state index in [9.17, 15) is 22.4 Å². The van der Waals surface area contributed by atoms with E-state index in [1.807, 2.05) is 0 Å². The van der Waals surface area contributed by atoms with Gasteiger partial charge >= 0.3 is 0 Å². The summed E-state index contributed by atoms with van der Waals surface area (Å²) >= 11 is 0. The first-order valence-electron chi connectivity index (χ1n) is 11.0. The van der Waals surface area contributed by atoms with Gasteiger partial charge in [-0.3, -0.25) is 4.79 Å². The lowest BCUT2D eigenvalue weighted by Crippen LogP contribution is -2.46. The lowest BCUT2D eigenvalue weighted by atomic mass is 10.1. The smallest absolute Gasteiger partial charge is 0.259 e. The number of fused-ring (bicyclic) bond motifs is 1. The largest absolute Gasteiger partial charge is 0.471 e. The van der Waals surface area contributed by atoms with Crippen LogP contribution in [0.5, 0.6) is 5.75 Å². The number of rotatable bonds is 7. The molecule has 1 aromatic heterocycles. The summed E-state index contributed by atoms with van der Waals surface area (Å²) in [4.78, 5) is 12.0. The number of hydrogen-bond donors (Lipinski definition) is 1. The molecule has 5 nitrogen and oxygen atoms in total. The standard InChI is InChI=1S/C26H23F4N3O2/c1-4-23(31-25(34)26(2,3)30)35-18-10-12-22-19(14-18)24(15-5-11-20(28)21(29)13-15)32-33(22)17-8-6-16(27)7-9-17/h5-14,23H,4H2,1-3H3,(H,31,34). The Bertz CT molecular complexity index is 1380. The maximum atomic E-state index is 14.0. The topological polar surface area (TPSA) is 56.1 Å². The SMILES string of the molecule is CCC(NC(=O)C(C)(C)F)Oc1ccc2c(c1)c(-c1ccc(F)c(F)c1)nn2-c1ccc(F)cc1. The molecule has 3 aromatic carbocycles. The van der Waals surface area contributed by atoms with Crippen LogP contribution in [0.15, 0.2) is 60.7 Å². The van der Waals surface area contributed by atoms with Crippen molar-refractivity contribution in [3.63, 3.8) is 0 Å². The van der Waals surface area contributed by atoms with Gasteiger partial charge in [-0.05, 0) is 74.5 Å². The number of carbonyl (C=O) groups is 1. The number of aromatic nitrogens is 2. The second-order valence-corrected chi connectivity index (χ2v) is 8.51. The number of benzene rings is 3. The van der Waals surface area contributed by atoms with Gasteiger partial charge in [0.1, 0.15) is 17.3 Å². The van der Waals surface area contributed by atoms with Crippen molar-refractivity contribution in [3.05, 3.63) is 78.1 Å². The molecule has 4 aromatic rings. The van der Waals surface area contributed by atoms with Gasteiger partial charge < -0.3 is 10.1 Å². The Morgan fingerprint density at radius 1 is 1.03 bits per heavy atom. The minimum atomic E-state index is -2.07. The van der Waals surface area contributed by atoms with E-state index in [2.05, 4.69) is 10.4 Å². The van der Waals surface area contributed by atoms with Gasteiger partial charge in [0.15, 0.2) is 23.5 Å². The zero-order valence-corrected chi connectivity index (χ0v) is 19.3. The van der Waals surface area contributed by atoms with Crippen molar-refractivity contribution in [3.8, 4) is 22.7 Å². The Morgan fingerprint density at radius 3 is 2.37 bits per heavy atom. The lowest BCUT2D eigenvalue weighted by Gasteiger charge is -2.22. The van der Waals surface area contributed by atoms with Crippen LogP contribution in [0.25, 0.3) is 27.8 Å². The average Bonchev–Trinajstić information content (AvgIpc) is 3.19. The van der Waals surface area contributed by atoms with Gasteiger partial charge in [-0.25, -0.2) is 22.2 Å². The monoisotopic (exact) mass is 485 g/mol. The summed E-state index contributed by atoms with van der Waals surface area (Å²) in [6.45, 7) is 4.08. The van der Waals surface area contributed by atoms with Crippen molar-refractivity contribution in [2.75, 3.05) is 0 Å². The highest BCUT2D eigenvalue weighted by molar-refractivity contribution is 5.95. The van der Waals surface area contributed by atoms with E-state index in [-0.39, 0.29) is 0 Å². The first-order chi connectivity index (χ1) is 16.6. The number of alkyl halides is 1. The molecular formula is C26H23F4N3O2. The van der Waals surface area contributed by atoms with Gasteiger partial charge in [-0.1, -0.05) is 6.92 Å². The number of ether oxygens (including phenoxy) is 1. The molecule has 35 heavy (non-hydrogen) atoms. The molecule has 4 rings (SSSR count). The van der Waals surface area contributed by atoms with E-state index in [1.54, 1.807) is 41.9 Å². The van der Waals surface area contributed by atoms with Crippen molar-refractivity contribution in [1.29, 1.82) is 0 Å². The molecule has 9 heteroatoms. The summed E-state index contributed by atoms with van der Waals surface area (Å²) in [6.07, 6.45) is -0.432. The van der Waals surface area contributed by atoms with Crippen LogP contribution in [-0.4, -0.2) is 27.6 Å². The maximum Gasteiger partial charge on any atom is 0.259 e. The Balaban J connectivity index is 1.79. The van der Waals surface area contributed by atoms with Crippen molar-refractivity contribution in [2.24, 2.45) is 0 Å². The molecule has 0 bridgehead atoms. The predicted octanol–water partition coefficient (Wildman–Crippen LogP) is 6.09. The van der Waals surface area contributed by atoms with Crippen LogP contribution >= 0.6 is 0 Å². The minimum Gasteiger partial charge on any atom is -0.471 e. The first-order valence-corrected chi connectivity index (χ1v) is 11.0. The van der Waals surface area contributed by atoms with Crippen LogP contribution < -0.4 is 10.1 Å². The highest BCUT2D eigenvalue weighted by Crippen LogP contribution is 2.33. The van der Waals surface area contributed by atoms with Crippen molar-refractivity contribution in [2.45, 2.75) is 39.1 Å². The second-order valence-electron chi connectivity index (χ2n) is 8.51. The minimum absolute atomic E-state index is 0.325. The Morgan fingerprint density at radius 2 is 1.74 bits per heavy atom. The summed E-state index contributed by atoms with van der Waals surface area (Å²) in [5, 5.41) is 7.64. The van der Waals surface area contributed by atoms with Crippen LogP contribution in [0, 0.1) is 17.5 Å². The third-order valence-electron chi connectivity index (χ3n) is 5.40. The summed E-state index contributed by atoms with van der Waals surface area (Å²) in [5.74, 6) is -2.88. The summed E-state index contributed by atoms with van der Waals surface area (Å²) in [7, 11) is 0. The predicted molar refractivity (Wildman–Crippen MR) is 124 cm³/mol. The number of amides is 1. The summed E-state index contributed by atoms with van der Waals surface area (Å²) in [5.41, 5.74) is -0.243. The van der Waals surface area contributed by atoms with Crippen LogP contribution in [0.2, 0.25) is 0 Å². The van der Waals surface area contributed by atoms with Gasteiger partial charge in [0.05, 0.1) is 11.2 Å². The fraction of sp³-hybridized carbons (Fsp3) is 0.231. The molecule has 0 aliphatic carbocycles. The molecule has 0 radical (unpaired) electrons. The van der Waals surface area contributed by atoms with Gasteiger partial charge in [0, 0.05) is 17.4 Å². The van der Waals surface area contributed by atoms with E-state index in [1.165, 1.54) is 18.2 Å². The normalized spacial score (nSPS) is 12.5. The molecule has 1 atom stereocenters. The molecule has 182 valence electrons. The maximum absolute atomic E-state index is 14.0. The van der Waals surface area contributed by atoms with Gasteiger partial charge in [-0.2, -0.15) is 5.10 Å². The molecule has 1 heterocycles. The second kappa shape index (κ2) is 9.40. The fourth-order valence-corrected chi connectivity index (χ4v) is 3.50. The molecule has 1 unspecified atom stereocenters. The van der Waals surface area contributed by atoms with Gasteiger partial charge in [-0.15, -0.1) is 0 Å². The number of carbonyl (C=O) groups excluding carboxylic acids is 1. The van der Waals surface area contributed by atoms with E-state index in [0.29, 0.717) is 40.0 Å².